The Morgan fingerprint density at radius 1 is 1.38 bits per heavy atom. The van der Waals surface area contributed by atoms with Gasteiger partial charge in [0.05, 0.1) is 0 Å². The summed E-state index contributed by atoms with van der Waals surface area (Å²) >= 11 is 0. The Labute approximate surface area is 81.6 Å². The lowest BCUT2D eigenvalue weighted by Gasteiger charge is -2.24. The molecule has 0 saturated carbocycles. The number of hydrogen-bond donors (Lipinski definition) is 0. The number of fused-ring (bicyclic) bond motifs is 1. The maximum Gasteiger partial charge on any atom is 0.152 e. The summed E-state index contributed by atoms with van der Waals surface area (Å²) in [5, 5.41) is 0. The van der Waals surface area contributed by atoms with E-state index in [1.807, 2.05) is 0 Å². The van der Waals surface area contributed by atoms with Crippen molar-refractivity contribution >= 4 is 12.7 Å². The number of benzene rings is 1. The van der Waals surface area contributed by atoms with Gasteiger partial charge in [0.25, 0.3) is 0 Å². The molecule has 1 aliphatic rings. The molecule has 0 amide bonds. The van der Waals surface area contributed by atoms with Crippen LogP contribution in [0.4, 0.5) is 0 Å². The Kier molecular flexibility index (Phi) is 2.72. The zero-order valence-electron chi connectivity index (χ0n) is 8.29. The Bertz CT molecular complexity index is 280. The molecule has 0 bridgehead atoms. The molecule has 1 aromatic carbocycles. The van der Waals surface area contributed by atoms with E-state index in [4.69, 9.17) is 0 Å². The van der Waals surface area contributed by atoms with E-state index in [0.717, 1.165) is 5.92 Å². The van der Waals surface area contributed by atoms with Crippen LogP contribution >= 0.6 is 0 Å². The lowest BCUT2D eigenvalue weighted by atomic mass is 9.57. The van der Waals surface area contributed by atoms with E-state index >= 15 is 0 Å². The SMILES string of the molecule is CCCC1CC[B]c2ccccc21. The molecule has 0 spiro atoms. The second kappa shape index (κ2) is 4.00. The van der Waals surface area contributed by atoms with Gasteiger partial charge < -0.3 is 0 Å². The van der Waals surface area contributed by atoms with Gasteiger partial charge in [-0.25, -0.2) is 0 Å². The first-order valence-electron chi connectivity index (χ1n) is 5.34. The molecule has 1 aromatic rings. The molecule has 0 nitrogen and oxygen atoms in total. The predicted molar refractivity (Wildman–Crippen MR) is 58.9 cm³/mol. The molecular formula is C12H16B. The van der Waals surface area contributed by atoms with E-state index in [0.29, 0.717) is 0 Å². The summed E-state index contributed by atoms with van der Waals surface area (Å²) in [4.78, 5) is 0. The van der Waals surface area contributed by atoms with Gasteiger partial charge in [0, 0.05) is 0 Å². The van der Waals surface area contributed by atoms with Crippen LogP contribution in [-0.4, -0.2) is 7.28 Å². The normalized spacial score (nSPS) is 20.5. The molecule has 0 saturated heterocycles. The summed E-state index contributed by atoms with van der Waals surface area (Å²) in [5.74, 6) is 0.825. The van der Waals surface area contributed by atoms with Crippen LogP contribution in [-0.2, 0) is 0 Å². The highest BCUT2D eigenvalue weighted by Crippen LogP contribution is 2.28. The van der Waals surface area contributed by atoms with Crippen LogP contribution in [0.25, 0.3) is 0 Å². The van der Waals surface area contributed by atoms with E-state index in [1.54, 1.807) is 5.56 Å². The second-order valence-electron chi connectivity index (χ2n) is 3.90. The molecule has 1 atom stereocenters. The molecule has 1 radical (unpaired) electrons. The largest absolute Gasteiger partial charge is 0.152 e. The van der Waals surface area contributed by atoms with Gasteiger partial charge in [0.1, 0.15) is 0 Å². The fourth-order valence-corrected chi connectivity index (χ4v) is 2.31. The quantitative estimate of drug-likeness (QED) is 0.600. The third kappa shape index (κ3) is 1.79. The lowest BCUT2D eigenvalue weighted by Crippen LogP contribution is -2.26. The third-order valence-corrected chi connectivity index (χ3v) is 2.95. The van der Waals surface area contributed by atoms with Crippen LogP contribution in [0.15, 0.2) is 24.3 Å². The second-order valence-corrected chi connectivity index (χ2v) is 3.90. The zero-order valence-corrected chi connectivity index (χ0v) is 8.29. The summed E-state index contributed by atoms with van der Waals surface area (Å²) < 4.78 is 0. The van der Waals surface area contributed by atoms with Crippen molar-refractivity contribution in [1.29, 1.82) is 0 Å². The summed E-state index contributed by atoms with van der Waals surface area (Å²) in [6.07, 6.45) is 5.27. The highest BCUT2D eigenvalue weighted by atomic mass is 14.2. The smallest absolute Gasteiger partial charge is 0.0844 e. The van der Waals surface area contributed by atoms with E-state index in [-0.39, 0.29) is 0 Å². The molecule has 67 valence electrons. The molecule has 1 heteroatoms. The Morgan fingerprint density at radius 2 is 2.23 bits per heavy atom. The number of hydrogen-bond acceptors (Lipinski definition) is 0. The molecule has 1 aliphatic heterocycles. The summed E-state index contributed by atoms with van der Waals surface area (Å²) in [7, 11) is 2.38. The van der Waals surface area contributed by atoms with Gasteiger partial charge in [-0.2, -0.15) is 0 Å². The van der Waals surface area contributed by atoms with Crippen molar-refractivity contribution in [3.05, 3.63) is 29.8 Å². The average molecular weight is 171 g/mol. The third-order valence-electron chi connectivity index (χ3n) is 2.95. The molecule has 2 rings (SSSR count). The van der Waals surface area contributed by atoms with Crippen molar-refractivity contribution in [2.24, 2.45) is 0 Å². The molecule has 0 fully saturated rings. The molecule has 0 aliphatic carbocycles. The van der Waals surface area contributed by atoms with Crippen molar-refractivity contribution in [2.75, 3.05) is 0 Å². The minimum absolute atomic E-state index is 0.825. The standard InChI is InChI=1S/C12H16B/c1-2-5-10-8-9-13-12-7-4-3-6-11(10)12/h3-4,6-7,10H,2,5,8-9H2,1H3. The van der Waals surface area contributed by atoms with E-state index in [2.05, 4.69) is 38.5 Å². The summed E-state index contributed by atoms with van der Waals surface area (Å²) in [6.45, 7) is 2.28. The molecule has 0 aromatic heterocycles. The van der Waals surface area contributed by atoms with Crippen molar-refractivity contribution < 1.29 is 0 Å². The Balaban J connectivity index is 2.26. The van der Waals surface area contributed by atoms with E-state index < -0.39 is 0 Å². The van der Waals surface area contributed by atoms with Crippen LogP contribution in [0.5, 0.6) is 0 Å². The van der Waals surface area contributed by atoms with E-state index in [9.17, 15) is 0 Å². The first-order valence-corrected chi connectivity index (χ1v) is 5.34. The van der Waals surface area contributed by atoms with Crippen molar-refractivity contribution in [1.82, 2.24) is 0 Å². The van der Waals surface area contributed by atoms with Crippen LogP contribution in [0.3, 0.4) is 0 Å². The lowest BCUT2D eigenvalue weighted by molar-refractivity contribution is 0.592. The highest BCUT2D eigenvalue weighted by molar-refractivity contribution is 6.54. The molecule has 0 N–H and O–H groups in total. The first kappa shape index (κ1) is 8.86. The van der Waals surface area contributed by atoms with Crippen molar-refractivity contribution in [3.8, 4) is 0 Å². The highest BCUT2D eigenvalue weighted by Gasteiger charge is 2.18. The van der Waals surface area contributed by atoms with Crippen LogP contribution in [0, 0.1) is 0 Å². The van der Waals surface area contributed by atoms with Crippen LogP contribution in [0.2, 0.25) is 6.32 Å². The van der Waals surface area contributed by atoms with E-state index in [1.165, 1.54) is 31.0 Å². The van der Waals surface area contributed by atoms with Crippen molar-refractivity contribution in [2.45, 2.75) is 38.4 Å². The zero-order chi connectivity index (χ0) is 9.10. The topological polar surface area (TPSA) is 0 Å². The average Bonchev–Trinajstić information content (AvgIpc) is 2.19. The van der Waals surface area contributed by atoms with Gasteiger partial charge in [-0.3, -0.25) is 0 Å². The fourth-order valence-electron chi connectivity index (χ4n) is 2.31. The van der Waals surface area contributed by atoms with Gasteiger partial charge in [-0.05, 0) is 12.3 Å². The molecule has 1 unspecified atom stereocenters. The molecular weight excluding hydrogens is 155 g/mol. The number of rotatable bonds is 2. The maximum absolute atomic E-state index is 2.38. The molecule has 13 heavy (non-hydrogen) atoms. The van der Waals surface area contributed by atoms with Crippen LogP contribution in [0.1, 0.15) is 37.7 Å². The minimum atomic E-state index is 0.825. The monoisotopic (exact) mass is 171 g/mol. The predicted octanol–water partition coefficient (Wildman–Crippen LogP) is 2.72. The van der Waals surface area contributed by atoms with Gasteiger partial charge in [-0.1, -0.05) is 61.4 Å². The maximum atomic E-state index is 2.38. The van der Waals surface area contributed by atoms with Crippen LogP contribution < -0.4 is 5.46 Å². The Morgan fingerprint density at radius 3 is 3.08 bits per heavy atom. The summed E-state index contributed by atoms with van der Waals surface area (Å²) in [5.41, 5.74) is 3.06. The van der Waals surface area contributed by atoms with Gasteiger partial charge >= 0.3 is 0 Å². The Hall–Kier alpha value is -0.715. The fraction of sp³-hybridized carbons (Fsp3) is 0.500. The van der Waals surface area contributed by atoms with Gasteiger partial charge in [-0.15, -0.1) is 0 Å². The van der Waals surface area contributed by atoms with Gasteiger partial charge in [0.2, 0.25) is 0 Å². The molecule has 1 heterocycles. The first-order chi connectivity index (χ1) is 6.42. The summed E-state index contributed by atoms with van der Waals surface area (Å²) in [6, 6.07) is 8.85. The van der Waals surface area contributed by atoms with Crippen molar-refractivity contribution in [3.63, 3.8) is 0 Å². The minimum Gasteiger partial charge on any atom is -0.0844 e. The van der Waals surface area contributed by atoms with Gasteiger partial charge in [0.15, 0.2) is 7.28 Å².